The molecule has 0 aromatic heterocycles. The lowest BCUT2D eigenvalue weighted by Gasteiger charge is -2.38. The average Bonchev–Trinajstić information content (AvgIpc) is 2.20. The molecule has 1 aliphatic rings. The second-order valence-corrected chi connectivity index (χ2v) is 4.62. The lowest BCUT2D eigenvalue weighted by molar-refractivity contribution is -0.147. The lowest BCUT2D eigenvalue weighted by atomic mass is 9.64. The van der Waals surface area contributed by atoms with Gasteiger partial charge < -0.3 is 14.9 Å². The molecule has 0 atom stereocenters. The van der Waals surface area contributed by atoms with Crippen molar-refractivity contribution in [2.75, 3.05) is 7.11 Å². The number of phenolic OH excluding ortho intramolecular Hbond substituents is 1. The predicted molar refractivity (Wildman–Crippen MR) is 62.8 cm³/mol. The van der Waals surface area contributed by atoms with E-state index in [4.69, 9.17) is 16.3 Å². The van der Waals surface area contributed by atoms with Crippen molar-refractivity contribution in [1.29, 1.82) is 0 Å². The summed E-state index contributed by atoms with van der Waals surface area (Å²) in [6.07, 6.45) is 1.90. The summed E-state index contributed by atoms with van der Waals surface area (Å²) in [6.45, 7) is 0. The van der Waals surface area contributed by atoms with Gasteiger partial charge in [-0.15, -0.1) is 0 Å². The van der Waals surface area contributed by atoms with E-state index in [1.807, 2.05) is 0 Å². The van der Waals surface area contributed by atoms with Crippen molar-refractivity contribution in [3.05, 3.63) is 22.7 Å². The number of carboxylic acid groups (broad SMARTS) is 1. The standard InChI is InChI=1S/C12H13ClO4/c1-17-10-8(13)4-3-7(9(10)14)12(11(15)16)5-2-6-12/h3-4,14H,2,5-6H2,1H3,(H,15,16). The van der Waals surface area contributed by atoms with E-state index >= 15 is 0 Å². The van der Waals surface area contributed by atoms with Crippen molar-refractivity contribution in [1.82, 2.24) is 0 Å². The maximum Gasteiger partial charge on any atom is 0.314 e. The second-order valence-electron chi connectivity index (χ2n) is 4.22. The zero-order valence-electron chi connectivity index (χ0n) is 9.36. The second kappa shape index (κ2) is 4.11. The summed E-state index contributed by atoms with van der Waals surface area (Å²) in [7, 11) is 1.39. The smallest absolute Gasteiger partial charge is 0.314 e. The highest BCUT2D eigenvalue weighted by Gasteiger charge is 2.48. The molecule has 0 radical (unpaired) electrons. The van der Waals surface area contributed by atoms with E-state index in [1.54, 1.807) is 12.1 Å². The van der Waals surface area contributed by atoms with Crippen LogP contribution in [0.15, 0.2) is 12.1 Å². The first-order chi connectivity index (χ1) is 8.03. The molecule has 1 aliphatic carbocycles. The largest absolute Gasteiger partial charge is 0.504 e. The zero-order valence-corrected chi connectivity index (χ0v) is 10.1. The third-order valence-corrected chi connectivity index (χ3v) is 3.72. The molecule has 0 spiro atoms. The molecule has 2 N–H and O–H groups in total. The fraction of sp³-hybridized carbons (Fsp3) is 0.417. The zero-order chi connectivity index (χ0) is 12.6. The number of aliphatic carboxylic acids is 1. The molecule has 0 bridgehead atoms. The third kappa shape index (κ3) is 1.63. The fourth-order valence-electron chi connectivity index (χ4n) is 2.26. The van der Waals surface area contributed by atoms with Crippen LogP contribution in [0.2, 0.25) is 5.02 Å². The lowest BCUT2D eigenvalue weighted by Crippen LogP contribution is -2.42. The number of hydrogen-bond donors (Lipinski definition) is 2. The minimum absolute atomic E-state index is 0.136. The normalized spacial score (nSPS) is 17.3. The number of hydrogen-bond acceptors (Lipinski definition) is 3. The van der Waals surface area contributed by atoms with Gasteiger partial charge in [0.2, 0.25) is 0 Å². The summed E-state index contributed by atoms with van der Waals surface area (Å²) < 4.78 is 4.99. The first-order valence-corrected chi connectivity index (χ1v) is 5.70. The van der Waals surface area contributed by atoms with Crippen LogP contribution in [0.1, 0.15) is 24.8 Å². The average molecular weight is 257 g/mol. The van der Waals surface area contributed by atoms with Crippen molar-refractivity contribution in [2.24, 2.45) is 0 Å². The van der Waals surface area contributed by atoms with E-state index in [9.17, 15) is 15.0 Å². The van der Waals surface area contributed by atoms with E-state index in [2.05, 4.69) is 0 Å². The topological polar surface area (TPSA) is 66.8 Å². The van der Waals surface area contributed by atoms with Crippen LogP contribution in [0.5, 0.6) is 11.5 Å². The van der Waals surface area contributed by atoms with Crippen LogP contribution in [0.3, 0.4) is 0 Å². The molecule has 1 fully saturated rings. The molecule has 1 aromatic carbocycles. The molecule has 0 saturated heterocycles. The van der Waals surface area contributed by atoms with Gasteiger partial charge >= 0.3 is 5.97 Å². The Morgan fingerprint density at radius 1 is 1.47 bits per heavy atom. The van der Waals surface area contributed by atoms with Crippen LogP contribution < -0.4 is 4.74 Å². The molecule has 0 aliphatic heterocycles. The molecule has 1 aromatic rings. The number of carbonyl (C=O) groups is 1. The number of aromatic hydroxyl groups is 1. The van der Waals surface area contributed by atoms with Crippen molar-refractivity contribution in [3.8, 4) is 11.5 Å². The summed E-state index contributed by atoms with van der Waals surface area (Å²) in [5, 5.41) is 19.6. The van der Waals surface area contributed by atoms with Crippen molar-refractivity contribution in [2.45, 2.75) is 24.7 Å². The van der Waals surface area contributed by atoms with Gasteiger partial charge in [-0.1, -0.05) is 24.1 Å². The Morgan fingerprint density at radius 2 is 2.12 bits per heavy atom. The van der Waals surface area contributed by atoms with Gasteiger partial charge in [-0.2, -0.15) is 0 Å². The highest BCUT2D eigenvalue weighted by atomic mass is 35.5. The van der Waals surface area contributed by atoms with Gasteiger partial charge in [-0.25, -0.2) is 0 Å². The van der Waals surface area contributed by atoms with E-state index in [0.29, 0.717) is 18.4 Å². The van der Waals surface area contributed by atoms with Crippen LogP contribution in [0, 0.1) is 0 Å². The molecule has 92 valence electrons. The molecule has 17 heavy (non-hydrogen) atoms. The molecule has 2 rings (SSSR count). The predicted octanol–water partition coefficient (Wildman–Crippen LogP) is 2.56. The third-order valence-electron chi connectivity index (χ3n) is 3.42. The highest BCUT2D eigenvalue weighted by Crippen LogP contribution is 2.50. The molecule has 5 heteroatoms. The molecule has 1 saturated carbocycles. The minimum Gasteiger partial charge on any atom is -0.504 e. The number of rotatable bonds is 3. The monoisotopic (exact) mass is 256 g/mol. The van der Waals surface area contributed by atoms with Crippen LogP contribution in [0.4, 0.5) is 0 Å². The first kappa shape index (κ1) is 12.0. The Labute approximate surface area is 104 Å². The SMILES string of the molecule is COc1c(Cl)ccc(C2(C(=O)O)CCC2)c1O. The van der Waals surface area contributed by atoms with Gasteiger partial charge in [-0.05, 0) is 18.9 Å². The first-order valence-electron chi connectivity index (χ1n) is 5.32. The summed E-state index contributed by atoms with van der Waals surface area (Å²) in [4.78, 5) is 11.4. The van der Waals surface area contributed by atoms with Gasteiger partial charge in [0.05, 0.1) is 17.5 Å². The number of carboxylic acids is 1. The molecule has 0 heterocycles. The maximum atomic E-state index is 11.4. The van der Waals surface area contributed by atoms with Gasteiger partial charge in [-0.3, -0.25) is 4.79 Å². The molecule has 0 unspecified atom stereocenters. The van der Waals surface area contributed by atoms with Crippen LogP contribution in [-0.2, 0) is 10.2 Å². The van der Waals surface area contributed by atoms with Crippen molar-refractivity contribution < 1.29 is 19.7 Å². The number of methoxy groups -OCH3 is 1. The molecular formula is C12H13ClO4. The molecule has 0 amide bonds. The van der Waals surface area contributed by atoms with Crippen LogP contribution >= 0.6 is 11.6 Å². The Morgan fingerprint density at radius 3 is 2.53 bits per heavy atom. The number of ether oxygens (including phenoxy) is 1. The number of phenols is 1. The van der Waals surface area contributed by atoms with Gasteiger partial charge in [0.1, 0.15) is 0 Å². The minimum atomic E-state index is -0.984. The molecular weight excluding hydrogens is 244 g/mol. The highest BCUT2D eigenvalue weighted by molar-refractivity contribution is 6.32. The summed E-state index contributed by atoms with van der Waals surface area (Å²) in [5.41, 5.74) is -0.598. The number of benzene rings is 1. The van der Waals surface area contributed by atoms with Gasteiger partial charge in [0.15, 0.2) is 11.5 Å². The van der Waals surface area contributed by atoms with E-state index in [1.165, 1.54) is 7.11 Å². The van der Waals surface area contributed by atoms with E-state index in [0.717, 1.165) is 6.42 Å². The number of halogens is 1. The quantitative estimate of drug-likeness (QED) is 0.872. The van der Waals surface area contributed by atoms with Crippen LogP contribution in [0.25, 0.3) is 0 Å². The summed E-state index contributed by atoms with van der Waals surface area (Å²) in [6, 6.07) is 3.12. The van der Waals surface area contributed by atoms with E-state index in [-0.39, 0.29) is 16.5 Å². The summed E-state index contributed by atoms with van der Waals surface area (Å²) in [5.74, 6) is -0.942. The Balaban J connectivity index is 2.56. The van der Waals surface area contributed by atoms with E-state index < -0.39 is 11.4 Å². The van der Waals surface area contributed by atoms with Gasteiger partial charge in [0, 0.05) is 5.56 Å². The molecule has 4 nitrogen and oxygen atoms in total. The Bertz CT molecular complexity index is 466. The summed E-state index contributed by atoms with van der Waals surface area (Å²) >= 11 is 5.86. The van der Waals surface area contributed by atoms with Gasteiger partial charge in [0.25, 0.3) is 0 Å². The Kier molecular flexibility index (Phi) is 2.91. The fourth-order valence-corrected chi connectivity index (χ4v) is 2.49. The van der Waals surface area contributed by atoms with Crippen molar-refractivity contribution in [3.63, 3.8) is 0 Å². The maximum absolute atomic E-state index is 11.4. The Hall–Kier alpha value is -1.42. The van der Waals surface area contributed by atoms with Crippen LogP contribution in [-0.4, -0.2) is 23.3 Å². The van der Waals surface area contributed by atoms with Crippen molar-refractivity contribution >= 4 is 17.6 Å².